The zero-order valence-electron chi connectivity index (χ0n) is 28.9. The van der Waals surface area contributed by atoms with Gasteiger partial charge in [-0.2, -0.15) is 0 Å². The van der Waals surface area contributed by atoms with Crippen molar-refractivity contribution in [3.8, 4) is 0 Å². The number of ether oxygens (including phenoxy) is 1. The van der Waals surface area contributed by atoms with Crippen molar-refractivity contribution in [2.24, 2.45) is 5.41 Å². The quantitative estimate of drug-likeness (QED) is 0.206. The number of rotatable bonds is 14. The van der Waals surface area contributed by atoms with Crippen LogP contribution >= 0.6 is 0 Å². The maximum atomic E-state index is 10.1. The Morgan fingerprint density at radius 3 is 1.56 bits per heavy atom. The van der Waals surface area contributed by atoms with Crippen LogP contribution in [-0.2, 0) is 4.74 Å². The molecule has 0 aromatic rings. The zero-order valence-corrected chi connectivity index (χ0v) is 28.9. The van der Waals surface area contributed by atoms with E-state index >= 15 is 0 Å². The zero-order chi connectivity index (χ0) is 32.5. The minimum atomic E-state index is -0.916. The molecule has 0 saturated carbocycles. The van der Waals surface area contributed by atoms with E-state index in [4.69, 9.17) is 4.74 Å². The Morgan fingerprint density at radius 1 is 0.721 bits per heavy atom. The van der Waals surface area contributed by atoms with Crippen molar-refractivity contribution in [3.63, 3.8) is 0 Å². The predicted octanol–water partition coefficient (Wildman–Crippen LogP) is 11.4. The van der Waals surface area contributed by atoms with Crippen molar-refractivity contribution in [2.75, 3.05) is 7.11 Å². The summed E-state index contributed by atoms with van der Waals surface area (Å²) >= 11 is 0. The molecule has 0 saturated heterocycles. The second-order valence-corrected chi connectivity index (χ2v) is 12.9. The third-order valence-corrected chi connectivity index (χ3v) is 7.52. The monoisotopic (exact) mass is 582 g/mol. The average Bonchev–Trinajstić information content (AvgIpc) is 2.90. The molecular weight excluding hydrogens is 524 g/mol. The van der Waals surface area contributed by atoms with E-state index in [9.17, 15) is 5.11 Å². The van der Waals surface area contributed by atoms with Crippen LogP contribution in [0.2, 0.25) is 0 Å². The van der Waals surface area contributed by atoms with Crippen LogP contribution in [0.1, 0.15) is 88.5 Å². The Labute approximate surface area is 264 Å². The lowest BCUT2D eigenvalue weighted by Crippen LogP contribution is -2.35. The van der Waals surface area contributed by atoms with Gasteiger partial charge in [0.2, 0.25) is 0 Å². The molecule has 1 unspecified atom stereocenters. The van der Waals surface area contributed by atoms with Crippen molar-refractivity contribution < 1.29 is 9.84 Å². The van der Waals surface area contributed by atoms with Crippen molar-refractivity contribution in [1.29, 1.82) is 0 Å². The van der Waals surface area contributed by atoms with E-state index in [1.54, 1.807) is 21.0 Å². The molecule has 1 aliphatic rings. The lowest BCUT2D eigenvalue weighted by Gasteiger charge is -2.32. The van der Waals surface area contributed by atoms with Gasteiger partial charge in [-0.1, -0.05) is 151 Å². The van der Waals surface area contributed by atoms with E-state index < -0.39 is 5.60 Å². The maximum absolute atomic E-state index is 10.1. The first-order chi connectivity index (χ1) is 20.2. The molecule has 1 rings (SSSR count). The second kappa shape index (κ2) is 19.2. The molecule has 1 aliphatic carbocycles. The molecule has 234 valence electrons. The van der Waals surface area contributed by atoms with Gasteiger partial charge in [0.1, 0.15) is 6.10 Å². The van der Waals surface area contributed by atoms with Crippen molar-refractivity contribution >= 4 is 0 Å². The number of hydrogen-bond acceptors (Lipinski definition) is 2. The normalized spacial score (nSPS) is 19.6. The van der Waals surface area contributed by atoms with Gasteiger partial charge in [0, 0.05) is 7.11 Å². The molecule has 0 amide bonds. The SMILES string of the molecule is COC(C=CC(C)=CC=CC(C)=CC=CC(C)=CC=CC=C(C)C=CC=C(C)C=CC1=C(C)CCCC1(C)C)C(C)(C)O. The highest BCUT2D eigenvalue weighted by atomic mass is 16.5. The molecule has 0 spiro atoms. The minimum absolute atomic E-state index is 0.279. The summed E-state index contributed by atoms with van der Waals surface area (Å²) in [6.07, 6.45) is 39.2. The molecule has 2 nitrogen and oxygen atoms in total. The van der Waals surface area contributed by atoms with Gasteiger partial charge >= 0.3 is 0 Å². The number of allylic oxidation sites excluding steroid dienone is 23. The van der Waals surface area contributed by atoms with Gasteiger partial charge < -0.3 is 9.84 Å². The Kier molecular flexibility index (Phi) is 16.8. The number of aliphatic hydroxyl groups is 1. The Hall–Kier alpha value is -3.20. The molecule has 1 atom stereocenters. The number of hydrogen-bond donors (Lipinski definition) is 1. The van der Waals surface area contributed by atoms with E-state index in [1.165, 1.54) is 47.1 Å². The van der Waals surface area contributed by atoms with Gasteiger partial charge in [-0.25, -0.2) is 0 Å². The third-order valence-electron chi connectivity index (χ3n) is 7.52. The van der Waals surface area contributed by atoms with Gasteiger partial charge in [-0.3, -0.25) is 0 Å². The van der Waals surface area contributed by atoms with Gasteiger partial charge in [0.25, 0.3) is 0 Å². The molecule has 0 aliphatic heterocycles. The second-order valence-electron chi connectivity index (χ2n) is 12.9. The summed E-state index contributed by atoms with van der Waals surface area (Å²) in [5.41, 5.74) is 8.30. The van der Waals surface area contributed by atoms with Gasteiger partial charge in [0.15, 0.2) is 0 Å². The smallest absolute Gasteiger partial charge is 0.104 e. The first kappa shape index (κ1) is 37.8. The van der Waals surface area contributed by atoms with E-state index in [1.807, 2.05) is 31.2 Å². The Bertz CT molecular complexity index is 1260. The van der Waals surface area contributed by atoms with Gasteiger partial charge in [0.05, 0.1) is 5.60 Å². The lowest BCUT2D eigenvalue weighted by atomic mass is 9.72. The third kappa shape index (κ3) is 16.3. The van der Waals surface area contributed by atoms with E-state index in [0.29, 0.717) is 0 Å². The van der Waals surface area contributed by atoms with E-state index in [0.717, 1.165) is 11.1 Å². The summed E-state index contributed by atoms with van der Waals surface area (Å²) in [5.74, 6) is 0. The summed E-state index contributed by atoms with van der Waals surface area (Å²) in [6.45, 7) is 21.0. The molecule has 0 aromatic heterocycles. The molecule has 0 heterocycles. The van der Waals surface area contributed by atoms with Gasteiger partial charge in [-0.05, 0) is 85.6 Å². The first-order valence-corrected chi connectivity index (χ1v) is 15.5. The highest BCUT2D eigenvalue weighted by Gasteiger charge is 2.26. The summed E-state index contributed by atoms with van der Waals surface area (Å²) in [5, 5.41) is 10.1. The fourth-order valence-corrected chi connectivity index (χ4v) is 4.81. The maximum Gasteiger partial charge on any atom is 0.104 e. The molecule has 0 aromatic carbocycles. The summed E-state index contributed by atoms with van der Waals surface area (Å²) in [4.78, 5) is 0. The molecule has 0 radical (unpaired) electrons. The Balaban J connectivity index is 2.63. The molecule has 1 N–H and O–H groups in total. The van der Waals surface area contributed by atoms with Crippen LogP contribution in [0.25, 0.3) is 0 Å². The Morgan fingerprint density at radius 2 is 1.14 bits per heavy atom. The van der Waals surface area contributed by atoms with E-state index in [2.05, 4.69) is 127 Å². The largest absolute Gasteiger partial charge is 0.387 e. The minimum Gasteiger partial charge on any atom is -0.387 e. The van der Waals surface area contributed by atoms with Gasteiger partial charge in [-0.15, -0.1) is 0 Å². The summed E-state index contributed by atoms with van der Waals surface area (Å²) in [6, 6.07) is 0. The summed E-state index contributed by atoms with van der Waals surface area (Å²) in [7, 11) is 1.61. The van der Waals surface area contributed by atoms with Crippen LogP contribution < -0.4 is 0 Å². The highest BCUT2D eigenvalue weighted by molar-refractivity contribution is 5.37. The molecule has 0 bridgehead atoms. The van der Waals surface area contributed by atoms with Crippen LogP contribution in [-0.4, -0.2) is 23.9 Å². The number of methoxy groups -OCH3 is 1. The topological polar surface area (TPSA) is 29.5 Å². The van der Waals surface area contributed by atoms with Crippen molar-refractivity contribution in [3.05, 3.63) is 142 Å². The molecule has 0 fully saturated rings. The van der Waals surface area contributed by atoms with Crippen LogP contribution in [0, 0.1) is 5.41 Å². The highest BCUT2D eigenvalue weighted by Crippen LogP contribution is 2.40. The first-order valence-electron chi connectivity index (χ1n) is 15.5. The lowest BCUT2D eigenvalue weighted by molar-refractivity contribution is -0.0444. The molecule has 2 heteroatoms. The summed E-state index contributed by atoms with van der Waals surface area (Å²) < 4.78 is 5.34. The van der Waals surface area contributed by atoms with E-state index in [-0.39, 0.29) is 11.5 Å². The van der Waals surface area contributed by atoms with Crippen LogP contribution in [0.3, 0.4) is 0 Å². The van der Waals surface area contributed by atoms with Crippen LogP contribution in [0.4, 0.5) is 0 Å². The van der Waals surface area contributed by atoms with Crippen LogP contribution in [0.5, 0.6) is 0 Å². The van der Waals surface area contributed by atoms with Crippen molar-refractivity contribution in [2.45, 2.75) is 100 Å². The van der Waals surface area contributed by atoms with Crippen molar-refractivity contribution in [1.82, 2.24) is 0 Å². The van der Waals surface area contributed by atoms with Crippen LogP contribution in [0.15, 0.2) is 142 Å². The molecular formula is C41H58O2. The standard InChI is InChI=1S/C41H58O2/c1-32(20-14-22-34(3)23-16-25-36(5)28-30-39(43-11)41(9,10)42)18-12-13-19-33(2)21-15-24-35(4)27-29-38-37(6)26-17-31-40(38,7)8/h12-16,18-25,27-30,39,42H,17,26,31H2,1-11H3. The fraction of sp³-hybridized carbons (Fsp3) is 0.415. The fourth-order valence-electron chi connectivity index (χ4n) is 4.81. The molecule has 43 heavy (non-hydrogen) atoms. The average molecular weight is 583 g/mol. The predicted molar refractivity (Wildman–Crippen MR) is 191 cm³/mol.